The van der Waals surface area contributed by atoms with E-state index in [0.717, 1.165) is 38.5 Å². The van der Waals surface area contributed by atoms with E-state index in [1.165, 1.54) is 96.3 Å². The van der Waals surface area contributed by atoms with Crippen LogP contribution in [0.4, 0.5) is 0 Å². The normalized spacial score (nSPS) is 18.0. The Morgan fingerprint density at radius 1 is 0.725 bits per heavy atom. The lowest BCUT2D eigenvalue weighted by Gasteiger charge is -2.19. The van der Waals surface area contributed by atoms with E-state index < -0.39 is 13.9 Å². The number of hydrogen-bond acceptors (Lipinski definition) is 8. The Hall–Kier alpha value is -1.74. The van der Waals surface area contributed by atoms with Gasteiger partial charge in [-0.2, -0.15) is 0 Å². The molecule has 4 atom stereocenters. The minimum atomic E-state index is -4.28. The van der Waals surface area contributed by atoms with Gasteiger partial charge in [-0.3, -0.25) is 13.8 Å². The Kier molecular flexibility index (Phi) is 31.6. The predicted molar refractivity (Wildman–Crippen MR) is 209 cm³/mol. The molecule has 1 aliphatic heterocycles. The van der Waals surface area contributed by atoms with Crippen LogP contribution in [0, 0.1) is 0 Å². The first-order chi connectivity index (χ1) is 24.9. The van der Waals surface area contributed by atoms with Gasteiger partial charge in [-0.15, -0.1) is 0 Å². The van der Waals surface area contributed by atoms with Crippen LogP contribution < -0.4 is 5.73 Å². The summed E-state index contributed by atoms with van der Waals surface area (Å²) in [5.41, 5.74) is 5.36. The van der Waals surface area contributed by atoms with Crippen LogP contribution in [0.15, 0.2) is 48.8 Å². The molecule has 1 heterocycles. The molecule has 0 aromatic carbocycles. The molecule has 0 spiro atoms. The molecule has 0 aromatic heterocycles. The number of ether oxygens (including phenoxy) is 3. The van der Waals surface area contributed by atoms with Gasteiger partial charge in [0.05, 0.1) is 31.7 Å². The van der Waals surface area contributed by atoms with Crippen molar-refractivity contribution in [1.82, 2.24) is 0 Å². The molecule has 0 radical (unpaired) electrons. The first kappa shape index (κ1) is 47.3. The molecular formula is C41H74NO8P. The third kappa shape index (κ3) is 31.5. The van der Waals surface area contributed by atoms with Crippen LogP contribution in [-0.4, -0.2) is 55.5 Å². The molecule has 9 nitrogen and oxygen atoms in total. The van der Waals surface area contributed by atoms with Crippen molar-refractivity contribution in [2.75, 3.05) is 26.4 Å². The molecule has 1 saturated heterocycles. The number of rotatable bonds is 37. The van der Waals surface area contributed by atoms with Gasteiger partial charge < -0.3 is 24.8 Å². The summed E-state index contributed by atoms with van der Waals surface area (Å²) >= 11 is 0. The number of phosphoric ester groups is 1. The maximum Gasteiger partial charge on any atom is 0.472 e. The second-order valence-electron chi connectivity index (χ2n) is 13.6. The fourth-order valence-electron chi connectivity index (χ4n) is 5.60. The number of epoxide rings is 1. The van der Waals surface area contributed by atoms with E-state index in [-0.39, 0.29) is 51.0 Å². The summed E-state index contributed by atoms with van der Waals surface area (Å²) in [5, 5.41) is 0. The van der Waals surface area contributed by atoms with Crippen molar-refractivity contribution in [2.24, 2.45) is 5.73 Å². The summed E-state index contributed by atoms with van der Waals surface area (Å²) in [6.07, 6.45) is 42.4. The van der Waals surface area contributed by atoms with Crippen LogP contribution in [0.25, 0.3) is 0 Å². The van der Waals surface area contributed by atoms with E-state index in [9.17, 15) is 14.3 Å². The van der Waals surface area contributed by atoms with Crippen LogP contribution in [0.5, 0.6) is 0 Å². The van der Waals surface area contributed by atoms with Crippen molar-refractivity contribution in [3.05, 3.63) is 48.8 Å². The number of allylic oxidation sites excluding steroid dienone is 6. The van der Waals surface area contributed by atoms with Gasteiger partial charge >= 0.3 is 13.8 Å². The van der Waals surface area contributed by atoms with Crippen molar-refractivity contribution in [3.63, 3.8) is 0 Å². The summed E-state index contributed by atoms with van der Waals surface area (Å²) in [7, 11) is -4.28. The molecule has 0 amide bonds. The summed E-state index contributed by atoms with van der Waals surface area (Å²) in [6, 6.07) is 0. The first-order valence-corrected chi connectivity index (χ1v) is 21.8. The minimum Gasteiger partial charge on any atom is -0.492 e. The number of nitrogens with two attached hydrogens (primary N) is 1. The van der Waals surface area contributed by atoms with Crippen molar-refractivity contribution in [3.8, 4) is 0 Å². The standard InChI is InChI=1S/C41H74NO8P/c1-3-5-7-9-11-13-15-17-18-20-22-24-26-28-34-46-38(37-49-51(44,45)48-35-33-42)36-47-41(43)32-29-31-40-39(50-40)30-27-25-23-21-19-16-14-12-10-8-6-4-2/h12,14,19,21,25,27-28,34,38-40H,3-11,13,15-18,20,22-24,26,29-33,35-37,42H2,1-2H3,(H,44,45)/b14-12-,21-19-,27-25-,34-28+/t38-,39?,40?/m1/s1. The fraction of sp³-hybridized carbons (Fsp3) is 0.780. The lowest BCUT2D eigenvalue weighted by molar-refractivity contribution is -0.147. The molecule has 10 heteroatoms. The van der Waals surface area contributed by atoms with E-state index in [4.69, 9.17) is 29.0 Å². The quantitative estimate of drug-likeness (QED) is 0.0160. The highest BCUT2D eigenvalue weighted by atomic mass is 31.2. The lowest BCUT2D eigenvalue weighted by Crippen LogP contribution is -2.25. The third-order valence-corrected chi connectivity index (χ3v) is 9.75. The molecule has 0 saturated carbocycles. The Labute approximate surface area is 311 Å². The second kappa shape index (κ2) is 34.1. The highest BCUT2D eigenvalue weighted by Crippen LogP contribution is 2.43. The molecule has 51 heavy (non-hydrogen) atoms. The Bertz CT molecular complexity index is 985. The van der Waals surface area contributed by atoms with Gasteiger partial charge in [0.2, 0.25) is 0 Å². The molecule has 1 rings (SSSR count). The number of hydrogen-bond donors (Lipinski definition) is 2. The van der Waals surface area contributed by atoms with Gasteiger partial charge in [-0.25, -0.2) is 4.57 Å². The molecule has 1 aliphatic rings. The zero-order valence-electron chi connectivity index (χ0n) is 32.3. The summed E-state index contributed by atoms with van der Waals surface area (Å²) < 4.78 is 38.9. The average molecular weight is 740 g/mol. The average Bonchev–Trinajstić information content (AvgIpc) is 3.88. The van der Waals surface area contributed by atoms with Gasteiger partial charge in [0.1, 0.15) is 6.61 Å². The molecular weight excluding hydrogens is 665 g/mol. The van der Waals surface area contributed by atoms with E-state index >= 15 is 0 Å². The second-order valence-corrected chi connectivity index (χ2v) is 15.1. The SMILES string of the molecule is CCCCC/C=C\C/C=C\C/C=C\CC1OC1CCCC(=O)OC[C@H](COP(=O)(O)OCCN)O/C=C/CCCCCCCCCCCCCC. The smallest absolute Gasteiger partial charge is 0.472 e. The van der Waals surface area contributed by atoms with Gasteiger partial charge in [0, 0.05) is 13.0 Å². The summed E-state index contributed by atoms with van der Waals surface area (Å²) in [6.45, 7) is 4.09. The summed E-state index contributed by atoms with van der Waals surface area (Å²) in [5.74, 6) is -0.352. The van der Waals surface area contributed by atoms with Crippen LogP contribution in [0.2, 0.25) is 0 Å². The van der Waals surface area contributed by atoms with Crippen molar-refractivity contribution in [1.29, 1.82) is 0 Å². The largest absolute Gasteiger partial charge is 0.492 e. The Morgan fingerprint density at radius 3 is 1.96 bits per heavy atom. The highest BCUT2D eigenvalue weighted by Gasteiger charge is 2.36. The maximum atomic E-state index is 12.4. The first-order valence-electron chi connectivity index (χ1n) is 20.3. The highest BCUT2D eigenvalue weighted by molar-refractivity contribution is 7.47. The minimum absolute atomic E-state index is 0.0891. The zero-order valence-corrected chi connectivity index (χ0v) is 33.2. The maximum absolute atomic E-state index is 12.4. The van der Waals surface area contributed by atoms with Crippen molar-refractivity contribution < 1.29 is 37.5 Å². The van der Waals surface area contributed by atoms with E-state index in [1.54, 1.807) is 6.26 Å². The molecule has 0 aromatic rings. The monoisotopic (exact) mass is 740 g/mol. The van der Waals surface area contributed by atoms with Crippen molar-refractivity contribution >= 4 is 13.8 Å². The Morgan fingerprint density at radius 2 is 1.29 bits per heavy atom. The topological polar surface area (TPSA) is 130 Å². The number of esters is 1. The van der Waals surface area contributed by atoms with E-state index in [2.05, 4.69) is 50.3 Å². The van der Waals surface area contributed by atoms with Gasteiger partial charge in [0.25, 0.3) is 0 Å². The molecule has 0 aliphatic carbocycles. The number of carbonyl (C=O) groups is 1. The molecule has 0 bridgehead atoms. The predicted octanol–water partition coefficient (Wildman–Crippen LogP) is 11.0. The van der Waals surface area contributed by atoms with Gasteiger partial charge in [-0.1, -0.05) is 134 Å². The number of unbranched alkanes of at least 4 members (excludes halogenated alkanes) is 15. The van der Waals surface area contributed by atoms with Gasteiger partial charge in [0.15, 0.2) is 6.10 Å². The van der Waals surface area contributed by atoms with Crippen molar-refractivity contribution in [2.45, 2.75) is 180 Å². The fourth-order valence-corrected chi connectivity index (χ4v) is 6.36. The molecule has 1 fully saturated rings. The van der Waals surface area contributed by atoms with Gasteiger partial charge in [-0.05, 0) is 63.9 Å². The number of phosphoric acid groups is 1. The zero-order chi connectivity index (χ0) is 37.1. The van der Waals surface area contributed by atoms with E-state index in [1.807, 2.05) is 6.08 Å². The van der Waals surface area contributed by atoms with E-state index in [0.29, 0.717) is 6.42 Å². The van der Waals surface area contributed by atoms with Crippen LogP contribution in [0.3, 0.4) is 0 Å². The summed E-state index contributed by atoms with van der Waals surface area (Å²) in [4.78, 5) is 22.3. The lowest BCUT2D eigenvalue weighted by atomic mass is 10.0. The molecule has 296 valence electrons. The van der Waals surface area contributed by atoms with Crippen LogP contribution >= 0.6 is 7.82 Å². The van der Waals surface area contributed by atoms with Crippen LogP contribution in [-0.2, 0) is 32.6 Å². The molecule has 3 unspecified atom stereocenters. The number of carbonyl (C=O) groups excluding carboxylic acids is 1. The molecule has 3 N–H and O–H groups in total. The third-order valence-electron chi connectivity index (χ3n) is 8.76. The van der Waals surface area contributed by atoms with Crippen LogP contribution in [0.1, 0.15) is 162 Å². The Balaban J connectivity index is 2.23.